The van der Waals surface area contributed by atoms with Crippen LogP contribution in [0.1, 0.15) is 24.8 Å². The van der Waals surface area contributed by atoms with Crippen molar-refractivity contribution in [2.24, 2.45) is 0 Å². The van der Waals surface area contributed by atoms with E-state index >= 15 is 0 Å². The van der Waals surface area contributed by atoms with Crippen LogP contribution in [0.15, 0.2) is 34.9 Å². The number of aromatic nitrogens is 2. The molecule has 2 rings (SSSR count). The number of nitrogens with zero attached hydrogens (tertiary/aromatic N) is 2. The molecule has 2 heterocycles. The van der Waals surface area contributed by atoms with E-state index in [4.69, 9.17) is 0 Å². The zero-order valence-corrected chi connectivity index (χ0v) is 13.5. The van der Waals surface area contributed by atoms with Crippen LogP contribution < -0.4 is 10.0 Å². The second-order valence-corrected chi connectivity index (χ2v) is 7.19. The van der Waals surface area contributed by atoms with Crippen LogP contribution in [0.4, 0.5) is 5.69 Å². The lowest BCUT2D eigenvalue weighted by Crippen LogP contribution is -2.28. The number of pyridine rings is 1. The molecule has 114 valence electrons. The van der Waals surface area contributed by atoms with Gasteiger partial charge in [-0.25, -0.2) is 18.1 Å². The van der Waals surface area contributed by atoms with E-state index < -0.39 is 10.0 Å². The Balaban J connectivity index is 2.12. The average Bonchev–Trinajstić information content (AvgIpc) is 3.00. The average molecular weight is 326 g/mol. The maximum Gasteiger partial charge on any atom is 0.244 e. The molecule has 6 nitrogen and oxygen atoms in total. The summed E-state index contributed by atoms with van der Waals surface area (Å²) >= 11 is 1.52. The lowest BCUT2D eigenvalue weighted by Gasteiger charge is -2.13. The number of nitrogens with one attached hydrogen (secondary N) is 2. The summed E-state index contributed by atoms with van der Waals surface area (Å²) in [6, 6.07) is 1.66. The van der Waals surface area contributed by atoms with E-state index in [0.29, 0.717) is 18.8 Å². The summed E-state index contributed by atoms with van der Waals surface area (Å²) in [7, 11) is -3.60. The van der Waals surface area contributed by atoms with Crippen molar-refractivity contribution in [2.75, 3.05) is 18.4 Å². The van der Waals surface area contributed by atoms with Gasteiger partial charge in [-0.3, -0.25) is 4.98 Å². The van der Waals surface area contributed by atoms with Crippen molar-refractivity contribution in [3.8, 4) is 0 Å². The molecule has 0 aliphatic carbocycles. The molecule has 8 heteroatoms. The Morgan fingerprint density at radius 3 is 2.86 bits per heavy atom. The van der Waals surface area contributed by atoms with Gasteiger partial charge in [0.25, 0.3) is 0 Å². The third kappa shape index (κ3) is 3.99. The highest BCUT2D eigenvalue weighted by atomic mass is 32.2. The number of anilines is 1. The molecule has 2 N–H and O–H groups in total. The maximum absolute atomic E-state index is 12.4. The number of sulfonamides is 1. The summed E-state index contributed by atoms with van der Waals surface area (Å²) in [6.45, 7) is 4.79. The quantitative estimate of drug-likeness (QED) is 0.813. The lowest BCUT2D eigenvalue weighted by molar-refractivity contribution is 0.574. The van der Waals surface area contributed by atoms with Gasteiger partial charge in [-0.15, -0.1) is 11.3 Å². The third-order valence-electron chi connectivity index (χ3n) is 2.89. The van der Waals surface area contributed by atoms with Gasteiger partial charge in [-0.1, -0.05) is 6.92 Å². The van der Waals surface area contributed by atoms with Crippen molar-refractivity contribution in [2.45, 2.75) is 24.7 Å². The molecule has 0 aromatic carbocycles. The second kappa shape index (κ2) is 6.97. The fraction of sp³-hybridized carbons (Fsp3) is 0.385. The predicted octanol–water partition coefficient (Wildman–Crippen LogP) is 2.05. The van der Waals surface area contributed by atoms with E-state index in [1.165, 1.54) is 17.5 Å². The standard InChI is InChI=1S/C13H18N4O2S2/c1-3-15-11-4-5-14-9-12(11)21(18,19)17-8-10(2)13-16-6-7-20-13/h4-7,9-10,17H,3,8H2,1-2H3,(H,14,15). The van der Waals surface area contributed by atoms with Gasteiger partial charge >= 0.3 is 0 Å². The van der Waals surface area contributed by atoms with E-state index in [1.807, 2.05) is 19.2 Å². The van der Waals surface area contributed by atoms with Crippen molar-refractivity contribution in [3.63, 3.8) is 0 Å². The van der Waals surface area contributed by atoms with Crippen molar-refractivity contribution in [1.29, 1.82) is 0 Å². The summed E-state index contributed by atoms with van der Waals surface area (Å²) in [5, 5.41) is 5.82. The summed E-state index contributed by atoms with van der Waals surface area (Å²) in [6.07, 6.45) is 4.64. The summed E-state index contributed by atoms with van der Waals surface area (Å²) < 4.78 is 27.4. The molecule has 0 saturated carbocycles. The van der Waals surface area contributed by atoms with Crippen LogP contribution in [-0.2, 0) is 10.0 Å². The minimum atomic E-state index is -3.60. The minimum absolute atomic E-state index is 0.0269. The van der Waals surface area contributed by atoms with Crippen LogP contribution in [0.3, 0.4) is 0 Å². The first kappa shape index (κ1) is 15.9. The van der Waals surface area contributed by atoms with Crippen LogP contribution in [-0.4, -0.2) is 31.5 Å². The number of hydrogen-bond donors (Lipinski definition) is 2. The van der Waals surface area contributed by atoms with Gasteiger partial charge in [0.2, 0.25) is 10.0 Å². The van der Waals surface area contributed by atoms with Gasteiger partial charge in [0, 0.05) is 43.0 Å². The van der Waals surface area contributed by atoms with Gasteiger partial charge < -0.3 is 5.32 Å². The number of rotatable bonds is 7. The summed E-state index contributed by atoms with van der Waals surface area (Å²) in [5.74, 6) is 0.0269. The molecule has 2 aromatic heterocycles. The highest BCUT2D eigenvalue weighted by molar-refractivity contribution is 7.89. The van der Waals surface area contributed by atoms with E-state index in [2.05, 4.69) is 20.0 Å². The highest BCUT2D eigenvalue weighted by Crippen LogP contribution is 2.21. The van der Waals surface area contributed by atoms with Crippen molar-refractivity contribution < 1.29 is 8.42 Å². The third-order valence-corrected chi connectivity index (χ3v) is 5.35. The van der Waals surface area contributed by atoms with Crippen LogP contribution >= 0.6 is 11.3 Å². The minimum Gasteiger partial charge on any atom is -0.384 e. The Morgan fingerprint density at radius 2 is 2.19 bits per heavy atom. The largest absolute Gasteiger partial charge is 0.384 e. The van der Waals surface area contributed by atoms with Crippen LogP contribution in [0, 0.1) is 0 Å². The zero-order valence-electron chi connectivity index (χ0n) is 11.9. The number of thiazole rings is 1. The first-order valence-corrected chi connectivity index (χ1v) is 8.97. The second-order valence-electron chi connectivity index (χ2n) is 4.53. The van der Waals surface area contributed by atoms with Crippen LogP contribution in [0.2, 0.25) is 0 Å². The predicted molar refractivity (Wildman–Crippen MR) is 84.1 cm³/mol. The van der Waals surface area contributed by atoms with Crippen molar-refractivity contribution in [1.82, 2.24) is 14.7 Å². The highest BCUT2D eigenvalue weighted by Gasteiger charge is 2.20. The Labute approximate surface area is 128 Å². The van der Waals surface area contributed by atoms with Gasteiger partial charge in [-0.05, 0) is 13.0 Å². The topological polar surface area (TPSA) is 84.0 Å². The lowest BCUT2D eigenvalue weighted by atomic mass is 10.2. The fourth-order valence-electron chi connectivity index (χ4n) is 1.81. The summed E-state index contributed by atoms with van der Waals surface area (Å²) in [5.41, 5.74) is 0.557. The van der Waals surface area contributed by atoms with Gasteiger partial charge in [-0.2, -0.15) is 0 Å². The fourth-order valence-corrected chi connectivity index (χ4v) is 3.76. The van der Waals surface area contributed by atoms with E-state index in [1.54, 1.807) is 18.5 Å². The molecule has 0 aliphatic heterocycles. The molecular weight excluding hydrogens is 308 g/mol. The zero-order chi connectivity index (χ0) is 15.3. The molecule has 2 aromatic rings. The van der Waals surface area contributed by atoms with Gasteiger partial charge in [0.1, 0.15) is 4.90 Å². The molecule has 0 amide bonds. The maximum atomic E-state index is 12.4. The molecule has 0 spiro atoms. The normalized spacial score (nSPS) is 13.0. The van der Waals surface area contributed by atoms with E-state index in [9.17, 15) is 8.42 Å². The molecule has 0 fully saturated rings. The van der Waals surface area contributed by atoms with E-state index in [-0.39, 0.29) is 10.8 Å². The summed E-state index contributed by atoms with van der Waals surface area (Å²) in [4.78, 5) is 8.26. The first-order valence-electron chi connectivity index (χ1n) is 6.61. The van der Waals surface area contributed by atoms with E-state index in [0.717, 1.165) is 5.01 Å². The molecule has 0 radical (unpaired) electrons. The van der Waals surface area contributed by atoms with Gasteiger partial charge in [0.15, 0.2) is 0 Å². The van der Waals surface area contributed by atoms with Crippen molar-refractivity contribution in [3.05, 3.63) is 35.0 Å². The number of hydrogen-bond acceptors (Lipinski definition) is 6. The van der Waals surface area contributed by atoms with Crippen LogP contribution in [0.25, 0.3) is 0 Å². The molecule has 21 heavy (non-hydrogen) atoms. The monoisotopic (exact) mass is 326 g/mol. The molecule has 1 unspecified atom stereocenters. The Hall–Kier alpha value is -1.51. The first-order chi connectivity index (χ1) is 10.0. The smallest absolute Gasteiger partial charge is 0.244 e. The molecular formula is C13H18N4O2S2. The molecule has 1 atom stereocenters. The Kier molecular flexibility index (Phi) is 5.27. The Morgan fingerprint density at radius 1 is 1.38 bits per heavy atom. The van der Waals surface area contributed by atoms with Crippen LogP contribution in [0.5, 0.6) is 0 Å². The molecule has 0 aliphatic rings. The van der Waals surface area contributed by atoms with Gasteiger partial charge in [0.05, 0.1) is 10.7 Å². The van der Waals surface area contributed by atoms with Crippen molar-refractivity contribution >= 4 is 27.0 Å². The molecule has 0 bridgehead atoms. The molecule has 0 saturated heterocycles. The Bertz CT molecular complexity index is 671. The SMILES string of the molecule is CCNc1ccncc1S(=O)(=O)NCC(C)c1nccs1.